The lowest BCUT2D eigenvalue weighted by molar-refractivity contribution is -0.137. The van der Waals surface area contributed by atoms with E-state index in [0.29, 0.717) is 10.7 Å². The molecular formula is C25H18ClF3N2O3. The van der Waals surface area contributed by atoms with E-state index in [-0.39, 0.29) is 5.69 Å². The summed E-state index contributed by atoms with van der Waals surface area (Å²) in [5, 5.41) is 2.02. The molecule has 2 aliphatic rings. The Kier molecular flexibility index (Phi) is 5.37. The number of carbonyl (C=O) groups is 2. The molecule has 3 atom stereocenters. The molecule has 174 valence electrons. The van der Waals surface area contributed by atoms with E-state index < -0.39 is 41.6 Å². The lowest BCUT2D eigenvalue weighted by atomic mass is 9.90. The second-order valence-electron chi connectivity index (χ2n) is 8.27. The molecule has 3 aromatic rings. The van der Waals surface area contributed by atoms with Crippen molar-refractivity contribution in [1.82, 2.24) is 0 Å². The first-order chi connectivity index (χ1) is 16.1. The summed E-state index contributed by atoms with van der Waals surface area (Å²) in [6, 6.07) is 17.7. The van der Waals surface area contributed by atoms with Gasteiger partial charge in [0, 0.05) is 5.02 Å². The van der Waals surface area contributed by atoms with E-state index in [1.165, 1.54) is 17.2 Å². The maximum atomic E-state index is 13.5. The molecule has 5 nitrogen and oxygen atoms in total. The van der Waals surface area contributed by atoms with Gasteiger partial charge < -0.3 is 0 Å². The number of imide groups is 1. The summed E-state index contributed by atoms with van der Waals surface area (Å²) in [4.78, 5) is 33.6. The third-order valence-corrected chi connectivity index (χ3v) is 6.30. The van der Waals surface area contributed by atoms with Gasteiger partial charge in [-0.15, -0.1) is 0 Å². The van der Waals surface area contributed by atoms with Gasteiger partial charge in [-0.2, -0.15) is 13.2 Å². The molecule has 2 saturated heterocycles. The number of benzene rings is 3. The highest BCUT2D eigenvalue weighted by Crippen LogP contribution is 2.48. The first kappa shape index (κ1) is 22.4. The number of hydrogen-bond donors (Lipinski definition) is 0. The van der Waals surface area contributed by atoms with Gasteiger partial charge in [0.15, 0.2) is 6.10 Å². The number of nitrogens with zero attached hydrogens (tertiary/aromatic N) is 2. The highest BCUT2D eigenvalue weighted by Gasteiger charge is 2.60. The number of hydrogen-bond acceptors (Lipinski definition) is 4. The Morgan fingerprint density at radius 2 is 1.56 bits per heavy atom. The average Bonchev–Trinajstić information content (AvgIpc) is 3.30. The Hall–Kier alpha value is -3.36. The number of aryl methyl sites for hydroxylation is 1. The van der Waals surface area contributed by atoms with Crippen molar-refractivity contribution in [2.24, 2.45) is 5.92 Å². The fraction of sp³-hybridized carbons (Fsp3) is 0.200. The van der Waals surface area contributed by atoms with Crippen molar-refractivity contribution >= 4 is 34.8 Å². The van der Waals surface area contributed by atoms with Gasteiger partial charge in [0.1, 0.15) is 5.92 Å². The van der Waals surface area contributed by atoms with Gasteiger partial charge in [0.2, 0.25) is 5.91 Å². The number of alkyl halides is 3. The largest absolute Gasteiger partial charge is 0.416 e. The summed E-state index contributed by atoms with van der Waals surface area (Å²) < 4.78 is 39.7. The molecule has 2 aliphatic heterocycles. The topological polar surface area (TPSA) is 49.9 Å². The average molecular weight is 487 g/mol. The zero-order valence-corrected chi connectivity index (χ0v) is 18.5. The molecule has 0 unspecified atom stereocenters. The van der Waals surface area contributed by atoms with E-state index in [0.717, 1.165) is 28.2 Å². The van der Waals surface area contributed by atoms with Crippen LogP contribution in [0.15, 0.2) is 72.8 Å². The molecule has 0 N–H and O–H groups in total. The van der Waals surface area contributed by atoms with Crippen LogP contribution in [0.2, 0.25) is 5.02 Å². The molecule has 0 aromatic heterocycles. The van der Waals surface area contributed by atoms with Crippen molar-refractivity contribution in [3.8, 4) is 0 Å². The second kappa shape index (κ2) is 8.14. The Bertz CT molecular complexity index is 1260. The molecule has 0 saturated carbocycles. The molecule has 5 rings (SSSR count). The zero-order valence-electron chi connectivity index (χ0n) is 17.8. The number of carbonyl (C=O) groups excluding carboxylic acids is 2. The summed E-state index contributed by atoms with van der Waals surface area (Å²) in [6.45, 7) is 1.92. The molecule has 3 aromatic carbocycles. The Morgan fingerprint density at radius 1 is 0.882 bits per heavy atom. The second-order valence-corrected chi connectivity index (χ2v) is 8.71. The number of rotatable bonds is 3. The Labute approximate surface area is 198 Å². The van der Waals surface area contributed by atoms with Crippen molar-refractivity contribution in [3.63, 3.8) is 0 Å². The van der Waals surface area contributed by atoms with Crippen LogP contribution >= 0.6 is 11.6 Å². The molecule has 2 heterocycles. The number of halogens is 4. The summed E-state index contributed by atoms with van der Waals surface area (Å²) in [5.41, 5.74) is 1.26. The third-order valence-electron chi connectivity index (χ3n) is 6.05. The van der Waals surface area contributed by atoms with E-state index in [2.05, 4.69) is 0 Å². The predicted molar refractivity (Wildman–Crippen MR) is 120 cm³/mol. The minimum absolute atomic E-state index is 0.136. The Morgan fingerprint density at radius 3 is 2.21 bits per heavy atom. The minimum Gasteiger partial charge on any atom is -0.273 e. The minimum atomic E-state index is -4.61. The first-order valence-electron chi connectivity index (χ1n) is 10.5. The molecule has 0 bridgehead atoms. The van der Waals surface area contributed by atoms with E-state index in [1.807, 2.05) is 31.2 Å². The molecule has 9 heteroatoms. The van der Waals surface area contributed by atoms with Crippen LogP contribution in [-0.4, -0.2) is 17.9 Å². The quantitative estimate of drug-likeness (QED) is 0.444. The van der Waals surface area contributed by atoms with Gasteiger partial charge in [-0.25, -0.2) is 9.96 Å². The number of anilines is 2. The van der Waals surface area contributed by atoms with E-state index in [4.69, 9.17) is 16.4 Å². The van der Waals surface area contributed by atoms with E-state index in [9.17, 15) is 22.8 Å². The van der Waals surface area contributed by atoms with Gasteiger partial charge >= 0.3 is 6.18 Å². The maximum Gasteiger partial charge on any atom is 0.416 e. The molecule has 2 amide bonds. The highest BCUT2D eigenvalue weighted by atomic mass is 35.5. The number of fused-ring (bicyclic) bond motifs is 1. The van der Waals surface area contributed by atoms with Crippen molar-refractivity contribution in [3.05, 3.63) is 94.5 Å². The zero-order chi connectivity index (χ0) is 24.2. The lowest BCUT2D eigenvalue weighted by Crippen LogP contribution is -2.37. The fourth-order valence-corrected chi connectivity index (χ4v) is 4.53. The number of hydroxylamine groups is 1. The van der Waals surface area contributed by atoms with Gasteiger partial charge in [-0.3, -0.25) is 14.4 Å². The molecule has 0 aliphatic carbocycles. The SMILES string of the molecule is Cc1ccc([C@@H]2[C@H]3C(=O)N(c4cccc(C(F)(F)F)c4)C(=O)[C@H]3ON2c2ccc(Cl)cc2)cc1. The predicted octanol–water partition coefficient (Wildman–Crippen LogP) is 5.72. The van der Waals surface area contributed by atoms with Gasteiger partial charge in [-0.1, -0.05) is 47.5 Å². The normalized spacial score (nSPS) is 22.4. The van der Waals surface area contributed by atoms with E-state index >= 15 is 0 Å². The van der Waals surface area contributed by atoms with Crippen molar-refractivity contribution in [2.45, 2.75) is 25.2 Å². The summed E-state index contributed by atoms with van der Waals surface area (Å²) in [7, 11) is 0. The van der Waals surface area contributed by atoms with Crippen LogP contribution in [0.25, 0.3) is 0 Å². The first-order valence-corrected chi connectivity index (χ1v) is 10.9. The van der Waals surface area contributed by atoms with Crippen LogP contribution in [0.3, 0.4) is 0 Å². The standard InChI is InChI=1S/C25H18ClF3N2O3/c1-14-5-7-15(8-6-14)21-20-22(34-31(21)18-11-9-17(26)10-12-18)24(33)30(23(20)32)19-4-2-3-16(13-19)25(27,28)29/h2-13,20-22H,1H3/t20-,21-,22+/m1/s1. The Balaban J connectivity index is 1.57. The molecular weight excluding hydrogens is 469 g/mol. The van der Waals surface area contributed by atoms with Crippen LogP contribution in [0.5, 0.6) is 0 Å². The monoisotopic (exact) mass is 486 g/mol. The number of amides is 2. The van der Waals surface area contributed by atoms with Crippen molar-refractivity contribution < 1.29 is 27.6 Å². The molecule has 2 fully saturated rings. The summed E-state index contributed by atoms with van der Waals surface area (Å²) in [6.07, 6.45) is -5.78. The van der Waals surface area contributed by atoms with Crippen LogP contribution in [-0.2, 0) is 20.6 Å². The van der Waals surface area contributed by atoms with Crippen molar-refractivity contribution in [2.75, 3.05) is 9.96 Å². The van der Waals surface area contributed by atoms with Crippen LogP contribution in [0, 0.1) is 12.8 Å². The maximum absolute atomic E-state index is 13.5. The summed E-state index contributed by atoms with van der Waals surface area (Å²) in [5.74, 6) is -2.26. The highest BCUT2D eigenvalue weighted by molar-refractivity contribution is 6.30. The third kappa shape index (κ3) is 3.73. The van der Waals surface area contributed by atoms with Gasteiger partial charge in [0.25, 0.3) is 5.91 Å². The molecule has 34 heavy (non-hydrogen) atoms. The van der Waals surface area contributed by atoms with E-state index in [1.54, 1.807) is 24.3 Å². The van der Waals surface area contributed by atoms with Crippen LogP contribution < -0.4 is 9.96 Å². The van der Waals surface area contributed by atoms with Crippen molar-refractivity contribution in [1.29, 1.82) is 0 Å². The molecule has 0 radical (unpaired) electrons. The fourth-order valence-electron chi connectivity index (χ4n) is 4.40. The lowest BCUT2D eigenvalue weighted by Gasteiger charge is -2.29. The molecule has 0 spiro atoms. The smallest absolute Gasteiger partial charge is 0.273 e. The summed E-state index contributed by atoms with van der Waals surface area (Å²) >= 11 is 6.01. The van der Waals surface area contributed by atoms with Crippen LogP contribution in [0.4, 0.5) is 24.5 Å². The van der Waals surface area contributed by atoms with Gasteiger partial charge in [-0.05, 0) is 55.0 Å². The van der Waals surface area contributed by atoms with Crippen LogP contribution in [0.1, 0.15) is 22.7 Å². The van der Waals surface area contributed by atoms with Gasteiger partial charge in [0.05, 0.1) is 23.0 Å².